The van der Waals surface area contributed by atoms with Crippen molar-refractivity contribution in [1.82, 2.24) is 19.5 Å². The molecule has 1 aromatic carbocycles. The second kappa shape index (κ2) is 8.91. The van der Waals surface area contributed by atoms with Crippen LogP contribution < -0.4 is 9.62 Å². The van der Waals surface area contributed by atoms with Gasteiger partial charge in [-0.2, -0.15) is 18.3 Å². The molecule has 0 atom stereocenters. The lowest BCUT2D eigenvalue weighted by atomic mass is 9.91. The lowest BCUT2D eigenvalue weighted by Crippen LogP contribution is -2.34. The Bertz CT molecular complexity index is 1450. The maximum Gasteiger partial charge on any atom is 0.417 e. The number of pyridine rings is 1. The van der Waals surface area contributed by atoms with E-state index in [9.17, 15) is 26.4 Å². The Balaban J connectivity index is 1.31. The molecule has 0 bridgehead atoms. The molecule has 1 aliphatic carbocycles. The molecule has 1 saturated heterocycles. The van der Waals surface area contributed by atoms with Crippen molar-refractivity contribution in [2.45, 2.75) is 43.0 Å². The van der Waals surface area contributed by atoms with Gasteiger partial charge in [-0.05, 0) is 43.9 Å². The fourth-order valence-electron chi connectivity index (χ4n) is 4.56. The highest BCUT2D eigenvalue weighted by molar-refractivity contribution is 7.91. The number of aryl methyl sites for hydroxylation is 1. The van der Waals surface area contributed by atoms with Gasteiger partial charge in [0.25, 0.3) is 5.91 Å². The molecule has 3 heterocycles. The summed E-state index contributed by atoms with van der Waals surface area (Å²) >= 11 is 6.11. The maximum atomic E-state index is 12.9. The molecule has 5 rings (SSSR count). The van der Waals surface area contributed by atoms with E-state index >= 15 is 0 Å². The molecule has 1 aliphatic heterocycles. The minimum atomic E-state index is -4.51. The van der Waals surface area contributed by atoms with Crippen LogP contribution in [-0.2, 0) is 23.2 Å². The molecule has 3 aromatic rings. The highest BCUT2D eigenvalue weighted by Gasteiger charge is 2.37. The van der Waals surface area contributed by atoms with E-state index < -0.39 is 32.9 Å². The van der Waals surface area contributed by atoms with Crippen LogP contribution in [0.5, 0.6) is 0 Å². The quantitative estimate of drug-likeness (QED) is 0.519. The number of carbonyl (C=O) groups excluding carboxylic acids is 1. The van der Waals surface area contributed by atoms with Crippen LogP contribution in [0.4, 0.5) is 19.0 Å². The summed E-state index contributed by atoms with van der Waals surface area (Å²) in [4.78, 5) is 18.4. The Morgan fingerprint density at radius 3 is 2.44 bits per heavy atom. The molecule has 1 amide bonds. The van der Waals surface area contributed by atoms with Crippen molar-refractivity contribution >= 4 is 44.3 Å². The molecular formula is C23H23ClF3N5O3S. The summed E-state index contributed by atoms with van der Waals surface area (Å²) in [5, 5.41) is 4.99. The van der Waals surface area contributed by atoms with Crippen molar-refractivity contribution in [3.05, 3.63) is 52.3 Å². The van der Waals surface area contributed by atoms with Crippen molar-refractivity contribution in [1.29, 1.82) is 0 Å². The van der Waals surface area contributed by atoms with Gasteiger partial charge in [-0.3, -0.25) is 9.48 Å². The lowest BCUT2D eigenvalue weighted by Gasteiger charge is -2.32. The van der Waals surface area contributed by atoms with E-state index in [-0.39, 0.29) is 16.5 Å². The number of hydrogen-bond donors (Lipinski definition) is 1. The Labute approximate surface area is 210 Å². The average molecular weight is 542 g/mol. The third kappa shape index (κ3) is 4.75. The molecule has 1 saturated carbocycles. The van der Waals surface area contributed by atoms with E-state index in [0.29, 0.717) is 50.1 Å². The number of sulfonamides is 1. The van der Waals surface area contributed by atoms with Crippen molar-refractivity contribution in [2.24, 2.45) is 7.05 Å². The zero-order chi connectivity index (χ0) is 25.8. The van der Waals surface area contributed by atoms with Crippen molar-refractivity contribution in [3.8, 4) is 0 Å². The number of nitrogens with one attached hydrogen (secondary N) is 1. The first kappa shape index (κ1) is 24.8. The number of fused-ring (bicyclic) bond motifs is 1. The van der Waals surface area contributed by atoms with Crippen LogP contribution in [0.1, 0.15) is 53.2 Å². The highest BCUT2D eigenvalue weighted by Crippen LogP contribution is 2.37. The van der Waals surface area contributed by atoms with Crippen molar-refractivity contribution in [2.75, 3.05) is 18.0 Å². The Morgan fingerprint density at radius 1 is 1.14 bits per heavy atom. The van der Waals surface area contributed by atoms with E-state index in [1.807, 2.05) is 4.90 Å². The van der Waals surface area contributed by atoms with Crippen LogP contribution in [0.25, 0.3) is 10.9 Å². The van der Waals surface area contributed by atoms with E-state index in [4.69, 9.17) is 11.6 Å². The van der Waals surface area contributed by atoms with Crippen LogP contribution in [0.15, 0.2) is 30.5 Å². The molecule has 1 N–H and O–H groups in total. The van der Waals surface area contributed by atoms with Gasteiger partial charge in [-0.25, -0.2) is 18.1 Å². The van der Waals surface area contributed by atoms with Gasteiger partial charge >= 0.3 is 6.18 Å². The predicted molar refractivity (Wildman–Crippen MR) is 129 cm³/mol. The molecule has 8 nitrogen and oxygen atoms in total. The second-order valence-corrected chi connectivity index (χ2v) is 11.6. The molecule has 0 unspecified atom stereocenters. The number of aromatic nitrogens is 3. The number of amides is 1. The summed E-state index contributed by atoms with van der Waals surface area (Å²) in [6, 6.07) is 5.89. The van der Waals surface area contributed by atoms with Gasteiger partial charge in [0, 0.05) is 43.2 Å². The predicted octanol–water partition coefficient (Wildman–Crippen LogP) is 4.25. The number of alkyl halides is 3. The Hall–Kier alpha value is -2.86. The Kier molecular flexibility index (Phi) is 6.14. The molecule has 2 aromatic heterocycles. The number of nitrogens with zero attached hydrogens (tertiary/aromatic N) is 4. The number of piperidine rings is 1. The molecule has 36 heavy (non-hydrogen) atoms. The van der Waals surface area contributed by atoms with E-state index in [1.54, 1.807) is 29.9 Å². The molecule has 2 fully saturated rings. The first-order valence-electron chi connectivity index (χ1n) is 11.4. The number of rotatable bonds is 5. The minimum absolute atomic E-state index is 0.0407. The lowest BCUT2D eigenvalue weighted by molar-refractivity contribution is -0.137. The highest BCUT2D eigenvalue weighted by atomic mass is 35.5. The van der Waals surface area contributed by atoms with E-state index in [1.165, 1.54) is 0 Å². The summed E-state index contributed by atoms with van der Waals surface area (Å²) in [5.74, 6) is -0.250. The Morgan fingerprint density at radius 2 is 1.83 bits per heavy atom. The van der Waals surface area contributed by atoms with Crippen LogP contribution in [-0.4, -0.2) is 47.4 Å². The van der Waals surface area contributed by atoms with E-state index in [0.717, 1.165) is 23.3 Å². The second-order valence-electron chi connectivity index (χ2n) is 9.20. The normalized spacial score (nSPS) is 17.5. The van der Waals surface area contributed by atoms with Gasteiger partial charge < -0.3 is 4.90 Å². The zero-order valence-electron chi connectivity index (χ0n) is 19.2. The van der Waals surface area contributed by atoms with Crippen molar-refractivity contribution < 1.29 is 26.4 Å². The fraction of sp³-hybridized carbons (Fsp3) is 0.435. The molecule has 0 radical (unpaired) electrons. The smallest absolute Gasteiger partial charge is 0.355 e. The SMILES string of the molecule is Cn1nc(C2CCN(c3ncc(C(F)(F)F)cc3Cl)CC2)c2ccc(C(=O)NS(=O)(=O)C3CC3)cc21. The number of carbonyl (C=O) groups is 1. The average Bonchev–Trinajstić information content (AvgIpc) is 3.63. The standard InChI is InChI=1S/C23H23ClF3N5O3S/c1-31-19-10-14(22(33)30-36(34,35)16-3-4-16)2-5-17(19)20(29-31)13-6-8-32(9-7-13)21-18(24)11-15(12-28-21)23(25,26)27/h2,5,10-13,16H,3-4,6-9H2,1H3,(H,30,33). The summed E-state index contributed by atoms with van der Waals surface area (Å²) in [6.45, 7) is 1.08. The third-order valence-corrected chi connectivity index (χ3v) is 8.77. The number of anilines is 1. The molecule has 2 aliphatic rings. The first-order chi connectivity index (χ1) is 16.9. The monoisotopic (exact) mass is 541 g/mol. The van der Waals surface area contributed by atoms with Crippen LogP contribution in [0.2, 0.25) is 5.02 Å². The van der Waals surface area contributed by atoms with Gasteiger partial charge in [0.1, 0.15) is 5.82 Å². The minimum Gasteiger partial charge on any atom is -0.355 e. The van der Waals surface area contributed by atoms with Gasteiger partial charge in [0.05, 0.1) is 27.0 Å². The fourth-order valence-corrected chi connectivity index (χ4v) is 6.15. The van der Waals surface area contributed by atoms with Crippen LogP contribution in [0, 0.1) is 0 Å². The van der Waals surface area contributed by atoms with Gasteiger partial charge in [0.2, 0.25) is 10.0 Å². The van der Waals surface area contributed by atoms with Crippen LogP contribution in [0.3, 0.4) is 0 Å². The van der Waals surface area contributed by atoms with Gasteiger partial charge in [-0.1, -0.05) is 17.7 Å². The third-order valence-electron chi connectivity index (χ3n) is 6.67. The van der Waals surface area contributed by atoms with E-state index in [2.05, 4.69) is 14.8 Å². The number of halogens is 4. The summed E-state index contributed by atoms with van der Waals surface area (Å²) in [5.41, 5.74) is 0.913. The number of benzene rings is 1. The maximum absolute atomic E-state index is 12.9. The summed E-state index contributed by atoms with van der Waals surface area (Å²) < 4.78 is 66.8. The van der Waals surface area contributed by atoms with Gasteiger partial charge in [0.15, 0.2) is 0 Å². The van der Waals surface area contributed by atoms with Crippen LogP contribution >= 0.6 is 11.6 Å². The molecule has 0 spiro atoms. The van der Waals surface area contributed by atoms with Gasteiger partial charge in [-0.15, -0.1) is 0 Å². The molecule has 13 heteroatoms. The molecular weight excluding hydrogens is 519 g/mol. The number of hydrogen-bond acceptors (Lipinski definition) is 6. The van der Waals surface area contributed by atoms with Crippen molar-refractivity contribution in [3.63, 3.8) is 0 Å². The summed E-state index contributed by atoms with van der Waals surface area (Å²) in [6.07, 6.45) is -1.21. The molecule has 192 valence electrons. The topological polar surface area (TPSA) is 97.2 Å². The summed E-state index contributed by atoms with van der Waals surface area (Å²) in [7, 11) is -1.89. The first-order valence-corrected chi connectivity index (χ1v) is 13.4. The largest absolute Gasteiger partial charge is 0.417 e. The zero-order valence-corrected chi connectivity index (χ0v) is 20.8.